The predicted molar refractivity (Wildman–Crippen MR) is 84.4 cm³/mol. The van der Waals surface area contributed by atoms with Gasteiger partial charge in [-0.05, 0) is 42.0 Å². The quantitative estimate of drug-likeness (QED) is 0.511. The molecule has 2 aromatic heterocycles. The number of thiophene rings is 1. The zero-order valence-corrected chi connectivity index (χ0v) is 12.0. The van der Waals surface area contributed by atoms with Crippen molar-refractivity contribution >= 4 is 45.7 Å². The molecule has 1 aromatic carbocycles. The highest BCUT2D eigenvalue weighted by Crippen LogP contribution is 2.22. The fourth-order valence-corrected chi connectivity index (χ4v) is 2.86. The Morgan fingerprint density at radius 1 is 1.20 bits per heavy atom. The zero-order chi connectivity index (χ0) is 13.9. The molecule has 20 heavy (non-hydrogen) atoms. The van der Waals surface area contributed by atoms with E-state index in [2.05, 4.69) is 4.98 Å². The summed E-state index contributed by atoms with van der Waals surface area (Å²) < 4.78 is 0.624. The van der Waals surface area contributed by atoms with Crippen LogP contribution in [0.1, 0.15) is 15.2 Å². The maximum Gasteiger partial charge on any atom is 0.195 e. The number of halogens is 1. The first kappa shape index (κ1) is 13.0. The molecular formula is C16H10ClNOS. The number of ketones is 1. The molecule has 0 unspecified atom stereocenters. The Kier molecular flexibility index (Phi) is 3.63. The average molecular weight is 300 g/mol. The third-order valence-corrected chi connectivity index (χ3v) is 4.12. The molecular weight excluding hydrogens is 290 g/mol. The van der Waals surface area contributed by atoms with Gasteiger partial charge in [-0.2, -0.15) is 0 Å². The summed E-state index contributed by atoms with van der Waals surface area (Å²) in [5, 5.41) is 1.06. The minimum Gasteiger partial charge on any atom is -0.288 e. The molecule has 3 aromatic rings. The van der Waals surface area contributed by atoms with Crippen LogP contribution in [0.3, 0.4) is 0 Å². The largest absolute Gasteiger partial charge is 0.288 e. The van der Waals surface area contributed by atoms with Crippen molar-refractivity contribution in [2.75, 3.05) is 0 Å². The first-order chi connectivity index (χ1) is 9.72. The summed E-state index contributed by atoms with van der Waals surface area (Å²) in [6.45, 7) is 0. The number of nitrogens with zero attached hydrogens (tertiary/aromatic N) is 1. The van der Waals surface area contributed by atoms with Crippen molar-refractivity contribution < 1.29 is 4.79 Å². The Morgan fingerprint density at radius 2 is 2.10 bits per heavy atom. The summed E-state index contributed by atoms with van der Waals surface area (Å²) >= 11 is 7.11. The van der Waals surface area contributed by atoms with Gasteiger partial charge in [0, 0.05) is 11.6 Å². The van der Waals surface area contributed by atoms with Gasteiger partial charge in [0.15, 0.2) is 5.78 Å². The highest BCUT2D eigenvalue weighted by Gasteiger charge is 2.04. The second-order valence-corrected chi connectivity index (χ2v) is 5.97. The van der Waals surface area contributed by atoms with Crippen LogP contribution in [0, 0.1) is 0 Å². The third-order valence-electron chi connectivity index (χ3n) is 2.87. The number of pyridine rings is 1. The first-order valence-electron chi connectivity index (χ1n) is 6.05. The summed E-state index contributed by atoms with van der Waals surface area (Å²) in [4.78, 5) is 16.9. The monoisotopic (exact) mass is 299 g/mol. The van der Waals surface area contributed by atoms with Crippen LogP contribution in [0.4, 0.5) is 0 Å². The van der Waals surface area contributed by atoms with Gasteiger partial charge in [-0.25, -0.2) is 0 Å². The number of benzene rings is 1. The summed E-state index contributed by atoms with van der Waals surface area (Å²) in [5.74, 6) is -0.0341. The fourth-order valence-electron chi connectivity index (χ4n) is 1.90. The SMILES string of the molecule is O=C(/C=C/c1ccc2ncccc2c1)c1ccc(Cl)s1. The van der Waals surface area contributed by atoms with Gasteiger partial charge < -0.3 is 0 Å². The van der Waals surface area contributed by atoms with Crippen LogP contribution in [0.25, 0.3) is 17.0 Å². The van der Waals surface area contributed by atoms with Crippen molar-refractivity contribution in [3.63, 3.8) is 0 Å². The van der Waals surface area contributed by atoms with Crippen LogP contribution in [0.5, 0.6) is 0 Å². The Morgan fingerprint density at radius 3 is 2.90 bits per heavy atom. The molecule has 0 N–H and O–H groups in total. The van der Waals surface area contributed by atoms with Gasteiger partial charge in [-0.3, -0.25) is 9.78 Å². The van der Waals surface area contributed by atoms with Gasteiger partial charge in [0.25, 0.3) is 0 Å². The summed E-state index contributed by atoms with van der Waals surface area (Å²) in [6.07, 6.45) is 5.14. The van der Waals surface area contributed by atoms with E-state index in [-0.39, 0.29) is 5.78 Å². The van der Waals surface area contributed by atoms with Crippen LogP contribution in [-0.2, 0) is 0 Å². The topological polar surface area (TPSA) is 30.0 Å². The van der Waals surface area contributed by atoms with Gasteiger partial charge in [0.1, 0.15) is 0 Å². The number of carbonyl (C=O) groups excluding carboxylic acids is 1. The van der Waals surface area contributed by atoms with E-state index in [4.69, 9.17) is 11.6 Å². The number of carbonyl (C=O) groups is 1. The molecule has 0 aliphatic heterocycles. The molecule has 0 bridgehead atoms. The molecule has 2 heterocycles. The second kappa shape index (κ2) is 5.57. The lowest BCUT2D eigenvalue weighted by molar-refractivity contribution is 0.105. The first-order valence-corrected chi connectivity index (χ1v) is 7.24. The van der Waals surface area contributed by atoms with Crippen molar-refractivity contribution in [2.24, 2.45) is 0 Å². The van der Waals surface area contributed by atoms with E-state index in [0.29, 0.717) is 9.21 Å². The fraction of sp³-hybridized carbons (Fsp3) is 0. The predicted octanol–water partition coefficient (Wildman–Crippen LogP) is 4.85. The van der Waals surface area contributed by atoms with E-state index in [1.807, 2.05) is 36.4 Å². The number of rotatable bonds is 3. The average Bonchev–Trinajstić information content (AvgIpc) is 2.91. The van der Waals surface area contributed by atoms with E-state index in [1.54, 1.807) is 24.4 Å². The van der Waals surface area contributed by atoms with E-state index in [0.717, 1.165) is 16.5 Å². The Balaban J connectivity index is 1.85. The van der Waals surface area contributed by atoms with Crippen molar-refractivity contribution in [3.8, 4) is 0 Å². The van der Waals surface area contributed by atoms with Gasteiger partial charge in [-0.1, -0.05) is 29.8 Å². The van der Waals surface area contributed by atoms with E-state index >= 15 is 0 Å². The van der Waals surface area contributed by atoms with Gasteiger partial charge in [0.2, 0.25) is 0 Å². The Labute approximate surface area is 125 Å². The molecule has 98 valence electrons. The molecule has 3 rings (SSSR count). The smallest absolute Gasteiger partial charge is 0.195 e. The maximum atomic E-state index is 11.9. The second-order valence-electron chi connectivity index (χ2n) is 4.26. The number of aromatic nitrogens is 1. The van der Waals surface area contributed by atoms with Crippen LogP contribution >= 0.6 is 22.9 Å². The van der Waals surface area contributed by atoms with E-state index < -0.39 is 0 Å². The van der Waals surface area contributed by atoms with Gasteiger partial charge in [0.05, 0.1) is 14.7 Å². The van der Waals surface area contributed by atoms with E-state index in [1.165, 1.54) is 11.3 Å². The molecule has 4 heteroatoms. The lowest BCUT2D eigenvalue weighted by Gasteiger charge is -1.98. The molecule has 0 saturated carbocycles. The molecule has 0 saturated heterocycles. The Hall–Kier alpha value is -1.97. The summed E-state index contributed by atoms with van der Waals surface area (Å²) in [6, 6.07) is 13.3. The molecule has 0 spiro atoms. The lowest BCUT2D eigenvalue weighted by Crippen LogP contribution is -1.88. The number of allylic oxidation sites excluding steroid dienone is 1. The molecule has 0 aliphatic rings. The molecule has 0 fully saturated rings. The standard InChI is InChI=1S/C16H10ClNOS/c17-16-8-7-15(20-16)14(19)6-4-11-3-5-13-12(10-11)2-1-9-18-13/h1-10H/b6-4+. The van der Waals surface area contributed by atoms with Crippen LogP contribution in [0.2, 0.25) is 4.34 Å². The molecule has 0 atom stereocenters. The maximum absolute atomic E-state index is 11.9. The lowest BCUT2D eigenvalue weighted by atomic mass is 10.1. The van der Waals surface area contributed by atoms with Crippen molar-refractivity contribution in [3.05, 3.63) is 69.5 Å². The zero-order valence-electron chi connectivity index (χ0n) is 10.4. The van der Waals surface area contributed by atoms with Crippen molar-refractivity contribution in [1.29, 1.82) is 0 Å². The normalized spacial score (nSPS) is 11.2. The minimum atomic E-state index is -0.0341. The number of hydrogen-bond donors (Lipinski definition) is 0. The third kappa shape index (κ3) is 2.79. The van der Waals surface area contributed by atoms with Crippen LogP contribution in [-0.4, -0.2) is 10.8 Å². The van der Waals surface area contributed by atoms with Crippen molar-refractivity contribution in [2.45, 2.75) is 0 Å². The number of hydrogen-bond acceptors (Lipinski definition) is 3. The van der Waals surface area contributed by atoms with Crippen molar-refractivity contribution in [1.82, 2.24) is 4.98 Å². The van der Waals surface area contributed by atoms with Gasteiger partial charge in [-0.15, -0.1) is 11.3 Å². The van der Waals surface area contributed by atoms with Crippen LogP contribution in [0.15, 0.2) is 54.7 Å². The molecule has 0 amide bonds. The molecule has 2 nitrogen and oxygen atoms in total. The van der Waals surface area contributed by atoms with E-state index in [9.17, 15) is 4.79 Å². The summed E-state index contributed by atoms with van der Waals surface area (Å²) in [7, 11) is 0. The highest BCUT2D eigenvalue weighted by atomic mass is 35.5. The number of fused-ring (bicyclic) bond motifs is 1. The summed E-state index contributed by atoms with van der Waals surface area (Å²) in [5.41, 5.74) is 1.92. The van der Waals surface area contributed by atoms with Gasteiger partial charge >= 0.3 is 0 Å². The Bertz CT molecular complexity index is 807. The molecule has 0 radical (unpaired) electrons. The highest BCUT2D eigenvalue weighted by molar-refractivity contribution is 7.18. The minimum absolute atomic E-state index is 0.0341. The van der Waals surface area contributed by atoms with Crippen LogP contribution < -0.4 is 0 Å². The molecule has 0 aliphatic carbocycles.